The number of nitrogens with zero attached hydrogens (tertiary/aromatic N) is 5. The fraction of sp³-hybridized carbons (Fsp3) is 0.455. The van der Waals surface area contributed by atoms with E-state index in [0.29, 0.717) is 52.4 Å². The number of carbonyl (C=O) groups excluding carboxylic acids is 1. The fourth-order valence-electron chi connectivity index (χ4n) is 4.11. The van der Waals surface area contributed by atoms with Gasteiger partial charge in [0.05, 0.1) is 15.5 Å². The highest BCUT2D eigenvalue weighted by molar-refractivity contribution is 7.89. The Kier molecular flexibility index (Phi) is 6.99. The number of sulfonamides is 1. The minimum Gasteiger partial charge on any atom is -0.353 e. The largest absolute Gasteiger partial charge is 0.353 e. The average molecular weight is 478 g/mol. The maximum atomic E-state index is 13.2. The van der Waals surface area contributed by atoms with Crippen LogP contribution in [0.5, 0.6) is 0 Å². The molecule has 2 aliphatic rings. The summed E-state index contributed by atoms with van der Waals surface area (Å²) in [5, 5.41) is 0.261. The molecule has 2 aliphatic heterocycles. The van der Waals surface area contributed by atoms with Crippen molar-refractivity contribution in [2.45, 2.75) is 11.8 Å². The van der Waals surface area contributed by atoms with Crippen LogP contribution in [0.4, 0.5) is 5.82 Å². The van der Waals surface area contributed by atoms with E-state index in [4.69, 9.17) is 11.6 Å². The monoisotopic (exact) mass is 477 g/mol. The van der Waals surface area contributed by atoms with Crippen molar-refractivity contribution in [2.24, 2.45) is 0 Å². The number of hydrogen-bond acceptors (Lipinski definition) is 6. The highest BCUT2D eigenvalue weighted by Gasteiger charge is 2.30. The van der Waals surface area contributed by atoms with Gasteiger partial charge in [-0.1, -0.05) is 24.6 Å². The zero-order valence-electron chi connectivity index (χ0n) is 18.2. The van der Waals surface area contributed by atoms with Crippen molar-refractivity contribution in [1.29, 1.82) is 0 Å². The number of aromatic nitrogens is 1. The molecule has 10 heteroatoms. The van der Waals surface area contributed by atoms with Crippen LogP contribution in [0.3, 0.4) is 0 Å². The number of benzene rings is 1. The van der Waals surface area contributed by atoms with E-state index in [0.717, 1.165) is 12.4 Å². The van der Waals surface area contributed by atoms with Gasteiger partial charge in [-0.3, -0.25) is 4.79 Å². The summed E-state index contributed by atoms with van der Waals surface area (Å²) in [5.41, 5.74) is 0.228. The average Bonchev–Trinajstić information content (AvgIpc) is 2.84. The Bertz CT molecular complexity index is 1050. The lowest BCUT2D eigenvalue weighted by molar-refractivity contribution is 0.0746. The smallest absolute Gasteiger partial charge is 0.255 e. The van der Waals surface area contributed by atoms with E-state index in [1.165, 1.54) is 22.5 Å². The highest BCUT2D eigenvalue weighted by atomic mass is 35.5. The van der Waals surface area contributed by atoms with E-state index in [1.807, 2.05) is 18.2 Å². The minimum absolute atomic E-state index is 0.113. The Morgan fingerprint density at radius 2 is 1.72 bits per heavy atom. The van der Waals surface area contributed by atoms with E-state index in [1.54, 1.807) is 11.1 Å². The molecule has 2 fully saturated rings. The highest BCUT2D eigenvalue weighted by Crippen LogP contribution is 2.25. The van der Waals surface area contributed by atoms with Gasteiger partial charge in [0.1, 0.15) is 5.82 Å². The molecule has 172 valence electrons. The number of pyridine rings is 1. The maximum absolute atomic E-state index is 13.2. The second-order valence-corrected chi connectivity index (χ2v) is 10.3. The summed E-state index contributed by atoms with van der Waals surface area (Å²) in [5.74, 6) is 0.636. The number of anilines is 1. The van der Waals surface area contributed by atoms with Crippen LogP contribution in [-0.4, -0.2) is 92.3 Å². The molecule has 4 rings (SSSR count). The molecule has 1 aromatic heterocycles. The quantitative estimate of drug-likeness (QED) is 0.655. The number of amides is 1. The van der Waals surface area contributed by atoms with Crippen LogP contribution < -0.4 is 4.90 Å². The van der Waals surface area contributed by atoms with Crippen LogP contribution in [0.15, 0.2) is 47.5 Å². The zero-order chi connectivity index (χ0) is 22.7. The molecule has 0 radical (unpaired) electrons. The van der Waals surface area contributed by atoms with Crippen LogP contribution >= 0.6 is 11.6 Å². The molecule has 2 saturated heterocycles. The van der Waals surface area contributed by atoms with E-state index in [9.17, 15) is 13.2 Å². The first-order chi connectivity index (χ1) is 15.4. The number of carbonyl (C=O) groups is 1. The summed E-state index contributed by atoms with van der Waals surface area (Å²) in [7, 11) is -3.68. The molecule has 0 unspecified atom stereocenters. The molecular formula is C22H28ClN5O3S. The number of halogens is 1. The second kappa shape index (κ2) is 9.74. The van der Waals surface area contributed by atoms with Gasteiger partial charge in [-0.15, -0.1) is 0 Å². The van der Waals surface area contributed by atoms with Crippen LogP contribution in [0.25, 0.3) is 0 Å². The zero-order valence-corrected chi connectivity index (χ0v) is 19.7. The Labute approximate surface area is 194 Å². The van der Waals surface area contributed by atoms with E-state index < -0.39 is 10.0 Å². The number of likely N-dealkylation sites (N-methyl/N-ethyl adjacent to an activating group) is 1. The predicted molar refractivity (Wildman–Crippen MR) is 125 cm³/mol. The number of hydrogen-bond donors (Lipinski definition) is 0. The molecule has 0 saturated carbocycles. The molecule has 32 heavy (non-hydrogen) atoms. The first-order valence-corrected chi connectivity index (χ1v) is 12.7. The molecule has 0 spiro atoms. The summed E-state index contributed by atoms with van der Waals surface area (Å²) in [6, 6.07) is 10.2. The van der Waals surface area contributed by atoms with E-state index in [-0.39, 0.29) is 21.4 Å². The Morgan fingerprint density at radius 3 is 2.34 bits per heavy atom. The molecule has 2 aromatic rings. The third kappa shape index (κ3) is 4.76. The van der Waals surface area contributed by atoms with Crippen LogP contribution in [0, 0.1) is 0 Å². The first kappa shape index (κ1) is 23.0. The topological polar surface area (TPSA) is 77.1 Å². The van der Waals surface area contributed by atoms with Gasteiger partial charge in [-0.2, -0.15) is 4.31 Å². The number of piperazine rings is 2. The van der Waals surface area contributed by atoms with Gasteiger partial charge in [0.25, 0.3) is 5.91 Å². The standard InChI is InChI=1S/C22H28ClN5O3S/c1-2-25-9-15-28(16-10-25)32(30,31)18-6-7-20(23)19(17-18)22(29)27-13-11-26(12-14-27)21-5-3-4-8-24-21/h3-8,17H,2,9-16H2,1H3. The van der Waals surface area contributed by atoms with Gasteiger partial charge in [0, 0.05) is 58.6 Å². The van der Waals surface area contributed by atoms with Gasteiger partial charge in [0.2, 0.25) is 10.0 Å². The molecule has 0 N–H and O–H groups in total. The Hall–Kier alpha value is -2.20. The SMILES string of the molecule is CCN1CCN(S(=O)(=O)c2ccc(Cl)c(C(=O)N3CCN(c4ccccn4)CC3)c2)CC1. The van der Waals surface area contributed by atoms with Gasteiger partial charge >= 0.3 is 0 Å². The summed E-state index contributed by atoms with van der Waals surface area (Å²) in [6.07, 6.45) is 1.75. The third-order valence-corrected chi connectivity index (χ3v) is 8.35. The van der Waals surface area contributed by atoms with Crippen molar-refractivity contribution < 1.29 is 13.2 Å². The van der Waals surface area contributed by atoms with Crippen molar-refractivity contribution in [2.75, 3.05) is 63.8 Å². The summed E-state index contributed by atoms with van der Waals surface area (Å²) < 4.78 is 27.8. The molecule has 1 amide bonds. The summed E-state index contributed by atoms with van der Waals surface area (Å²) >= 11 is 6.33. The van der Waals surface area contributed by atoms with Crippen LogP contribution in [0.1, 0.15) is 17.3 Å². The lowest BCUT2D eigenvalue weighted by Gasteiger charge is -2.35. The molecule has 3 heterocycles. The molecule has 0 bridgehead atoms. The van der Waals surface area contributed by atoms with Gasteiger partial charge in [-0.05, 0) is 36.9 Å². The minimum atomic E-state index is -3.68. The maximum Gasteiger partial charge on any atom is 0.255 e. The van der Waals surface area contributed by atoms with Gasteiger partial charge in [-0.25, -0.2) is 13.4 Å². The molecular weight excluding hydrogens is 450 g/mol. The van der Waals surface area contributed by atoms with Crippen molar-refractivity contribution in [3.63, 3.8) is 0 Å². The summed E-state index contributed by atoms with van der Waals surface area (Å²) in [6.45, 7) is 7.60. The first-order valence-electron chi connectivity index (χ1n) is 10.9. The van der Waals surface area contributed by atoms with Gasteiger partial charge in [0.15, 0.2) is 0 Å². The molecule has 8 nitrogen and oxygen atoms in total. The third-order valence-electron chi connectivity index (χ3n) is 6.12. The van der Waals surface area contributed by atoms with Crippen molar-refractivity contribution in [3.8, 4) is 0 Å². The van der Waals surface area contributed by atoms with Crippen LogP contribution in [-0.2, 0) is 10.0 Å². The van der Waals surface area contributed by atoms with Gasteiger partial charge < -0.3 is 14.7 Å². The molecule has 1 aromatic carbocycles. The predicted octanol–water partition coefficient (Wildman–Crippen LogP) is 2.02. The van der Waals surface area contributed by atoms with Crippen LogP contribution in [0.2, 0.25) is 5.02 Å². The van der Waals surface area contributed by atoms with E-state index >= 15 is 0 Å². The number of rotatable bonds is 5. The summed E-state index contributed by atoms with van der Waals surface area (Å²) in [4.78, 5) is 23.7. The second-order valence-electron chi connectivity index (χ2n) is 7.95. The normalized spacial score (nSPS) is 18.7. The van der Waals surface area contributed by atoms with Crippen molar-refractivity contribution in [3.05, 3.63) is 53.2 Å². The lowest BCUT2D eigenvalue weighted by Crippen LogP contribution is -2.49. The van der Waals surface area contributed by atoms with E-state index in [2.05, 4.69) is 21.7 Å². The fourth-order valence-corrected chi connectivity index (χ4v) is 5.76. The van der Waals surface area contributed by atoms with Crippen molar-refractivity contribution in [1.82, 2.24) is 19.1 Å². The Balaban J connectivity index is 1.47. The van der Waals surface area contributed by atoms with Crippen molar-refractivity contribution >= 4 is 33.3 Å². The lowest BCUT2D eigenvalue weighted by atomic mass is 10.1. The molecule has 0 aliphatic carbocycles. The Morgan fingerprint density at radius 1 is 1.00 bits per heavy atom. The molecule has 0 atom stereocenters.